The maximum absolute atomic E-state index is 11.2. The van der Waals surface area contributed by atoms with Crippen molar-refractivity contribution in [1.29, 1.82) is 21.0 Å². The molecule has 0 saturated carbocycles. The molecule has 1 N–H and O–H groups in total. The Bertz CT molecular complexity index is 1140. The van der Waals surface area contributed by atoms with Crippen LogP contribution in [0.2, 0.25) is 0 Å². The average molecular weight is 413 g/mol. The van der Waals surface area contributed by atoms with Crippen LogP contribution in [0, 0.1) is 76.4 Å². The van der Waals surface area contributed by atoms with Crippen molar-refractivity contribution < 1.29 is 9.85 Å². The van der Waals surface area contributed by atoms with Crippen LogP contribution >= 0.6 is 0 Å². The van der Waals surface area contributed by atoms with E-state index in [9.17, 15) is 41.3 Å². The average Bonchev–Trinajstić information content (AvgIpc) is 3.09. The van der Waals surface area contributed by atoms with Gasteiger partial charge >= 0.3 is 0 Å². The van der Waals surface area contributed by atoms with Crippen LogP contribution in [-0.4, -0.2) is 9.85 Å². The Balaban J connectivity index is 2.29. The Kier molecular flexibility index (Phi) is 5.07. The van der Waals surface area contributed by atoms with Crippen molar-refractivity contribution in [1.82, 2.24) is 5.32 Å². The van der Waals surface area contributed by atoms with E-state index in [2.05, 4.69) is 5.32 Å². The van der Waals surface area contributed by atoms with E-state index < -0.39 is 32.8 Å². The van der Waals surface area contributed by atoms with Crippen LogP contribution in [0.1, 0.15) is 23.2 Å². The lowest BCUT2D eigenvalue weighted by atomic mass is 9.61. The van der Waals surface area contributed by atoms with E-state index in [-0.39, 0.29) is 22.5 Å². The molecule has 2 atom stereocenters. The highest BCUT2D eigenvalue weighted by molar-refractivity contribution is 5.51. The van der Waals surface area contributed by atoms with Gasteiger partial charge in [0.2, 0.25) is 0 Å². The molecular formula is C20H11N7O4. The molecule has 1 heterocycles. The Hall–Kier alpha value is -4.84. The first-order chi connectivity index (χ1) is 14.8. The zero-order valence-corrected chi connectivity index (χ0v) is 15.6. The van der Waals surface area contributed by atoms with Gasteiger partial charge in [0.15, 0.2) is 10.8 Å². The summed E-state index contributed by atoms with van der Waals surface area (Å²) >= 11 is 0. The van der Waals surface area contributed by atoms with Gasteiger partial charge in [-0.1, -0.05) is 24.3 Å². The summed E-state index contributed by atoms with van der Waals surface area (Å²) < 4.78 is 0. The van der Waals surface area contributed by atoms with Crippen LogP contribution < -0.4 is 5.32 Å². The van der Waals surface area contributed by atoms with Gasteiger partial charge in [-0.25, -0.2) is 0 Å². The number of nitro benzene ring substituents is 2. The second-order valence-corrected chi connectivity index (χ2v) is 6.80. The Morgan fingerprint density at radius 1 is 0.742 bits per heavy atom. The summed E-state index contributed by atoms with van der Waals surface area (Å²) in [5.41, 5.74) is -4.83. The van der Waals surface area contributed by atoms with Crippen molar-refractivity contribution in [2.75, 3.05) is 0 Å². The van der Waals surface area contributed by atoms with E-state index in [1.807, 2.05) is 0 Å². The van der Waals surface area contributed by atoms with E-state index in [0.717, 1.165) is 12.1 Å². The number of rotatable bonds is 4. The highest BCUT2D eigenvalue weighted by Gasteiger charge is 2.69. The van der Waals surface area contributed by atoms with Crippen molar-refractivity contribution in [3.8, 4) is 24.3 Å². The maximum atomic E-state index is 11.2. The quantitative estimate of drug-likeness (QED) is 0.579. The third kappa shape index (κ3) is 2.90. The molecule has 31 heavy (non-hydrogen) atoms. The summed E-state index contributed by atoms with van der Waals surface area (Å²) in [5, 5.41) is 65.2. The molecule has 0 amide bonds. The highest BCUT2D eigenvalue weighted by Crippen LogP contribution is 2.60. The number of nitriles is 4. The SMILES string of the molecule is N#CC1(C#N)[C@H](c2cccc([N+](=O)[O-])c2)N[C@@H](c2cccc([N+](=O)[O-])c2)C1(C#N)C#N. The minimum Gasteiger partial charge on any atom is -0.298 e. The molecule has 1 saturated heterocycles. The van der Waals surface area contributed by atoms with E-state index in [1.54, 1.807) is 24.3 Å². The Morgan fingerprint density at radius 3 is 1.39 bits per heavy atom. The summed E-state index contributed by atoms with van der Waals surface area (Å²) in [7, 11) is 0. The molecule has 11 heteroatoms. The molecule has 1 fully saturated rings. The van der Waals surface area contributed by atoms with Gasteiger partial charge in [-0.15, -0.1) is 0 Å². The number of hydrogen-bond acceptors (Lipinski definition) is 9. The molecule has 0 spiro atoms. The molecule has 0 aromatic heterocycles. The van der Waals surface area contributed by atoms with E-state index >= 15 is 0 Å². The molecule has 2 aromatic rings. The normalized spacial score (nSPS) is 20.4. The zero-order chi connectivity index (χ0) is 22.8. The van der Waals surface area contributed by atoms with Gasteiger partial charge in [0, 0.05) is 24.3 Å². The van der Waals surface area contributed by atoms with Crippen LogP contribution in [0.4, 0.5) is 11.4 Å². The largest absolute Gasteiger partial charge is 0.298 e. The third-order valence-electron chi connectivity index (χ3n) is 5.36. The molecule has 0 bridgehead atoms. The molecule has 0 radical (unpaired) electrons. The molecular weight excluding hydrogens is 402 g/mol. The zero-order valence-electron chi connectivity index (χ0n) is 15.6. The summed E-state index contributed by atoms with van der Waals surface area (Å²) in [4.78, 5) is 21.1. The van der Waals surface area contributed by atoms with E-state index in [0.29, 0.717) is 0 Å². The molecule has 0 unspecified atom stereocenters. The highest BCUT2D eigenvalue weighted by atomic mass is 16.6. The summed E-state index contributed by atoms with van der Waals surface area (Å²) in [6.07, 6.45) is 0. The number of hydrogen-bond donors (Lipinski definition) is 1. The third-order valence-corrected chi connectivity index (χ3v) is 5.36. The second-order valence-electron chi connectivity index (χ2n) is 6.80. The van der Waals surface area contributed by atoms with Gasteiger partial charge in [-0.2, -0.15) is 21.0 Å². The second kappa shape index (κ2) is 7.53. The van der Waals surface area contributed by atoms with Crippen molar-refractivity contribution >= 4 is 11.4 Å². The minimum atomic E-state index is -2.26. The molecule has 3 rings (SSSR count). The summed E-state index contributed by atoms with van der Waals surface area (Å²) in [6, 6.07) is 14.9. The van der Waals surface area contributed by atoms with Crippen molar-refractivity contribution in [2.24, 2.45) is 10.8 Å². The van der Waals surface area contributed by atoms with E-state index in [1.165, 1.54) is 36.4 Å². The van der Waals surface area contributed by atoms with E-state index in [4.69, 9.17) is 0 Å². The maximum Gasteiger partial charge on any atom is 0.269 e. The molecule has 2 aromatic carbocycles. The summed E-state index contributed by atoms with van der Waals surface area (Å²) in [6.45, 7) is 0. The minimum absolute atomic E-state index is 0.153. The van der Waals surface area contributed by atoms with Gasteiger partial charge in [0.05, 0.1) is 46.2 Å². The smallest absolute Gasteiger partial charge is 0.269 e. The fourth-order valence-corrected chi connectivity index (χ4v) is 3.86. The first-order valence-electron chi connectivity index (χ1n) is 8.70. The number of benzene rings is 2. The Morgan fingerprint density at radius 2 is 1.10 bits per heavy atom. The molecule has 1 aliphatic rings. The Labute approximate surface area is 175 Å². The van der Waals surface area contributed by atoms with Gasteiger partial charge < -0.3 is 0 Å². The predicted molar refractivity (Wildman–Crippen MR) is 102 cm³/mol. The molecule has 1 aliphatic heterocycles. The number of nitrogens with one attached hydrogen (secondary N) is 1. The van der Waals surface area contributed by atoms with Crippen LogP contribution in [0.15, 0.2) is 48.5 Å². The fraction of sp³-hybridized carbons (Fsp3) is 0.200. The van der Waals surface area contributed by atoms with Crippen molar-refractivity contribution in [2.45, 2.75) is 12.1 Å². The number of nitrogens with zero attached hydrogens (tertiary/aromatic N) is 6. The van der Waals surface area contributed by atoms with Crippen LogP contribution in [-0.2, 0) is 0 Å². The van der Waals surface area contributed by atoms with Crippen molar-refractivity contribution in [3.63, 3.8) is 0 Å². The van der Waals surface area contributed by atoms with Gasteiger partial charge in [0.1, 0.15) is 0 Å². The number of nitro groups is 2. The predicted octanol–water partition coefficient (Wildman–Crippen LogP) is 2.96. The first-order valence-corrected chi connectivity index (χ1v) is 8.70. The monoisotopic (exact) mass is 413 g/mol. The molecule has 0 aliphatic carbocycles. The van der Waals surface area contributed by atoms with Crippen LogP contribution in [0.25, 0.3) is 0 Å². The lowest BCUT2D eigenvalue weighted by Crippen LogP contribution is -2.39. The van der Waals surface area contributed by atoms with Gasteiger partial charge in [-0.05, 0) is 11.1 Å². The van der Waals surface area contributed by atoms with Crippen molar-refractivity contribution in [3.05, 3.63) is 79.9 Å². The van der Waals surface area contributed by atoms with Crippen LogP contribution in [0.3, 0.4) is 0 Å². The summed E-state index contributed by atoms with van der Waals surface area (Å²) in [5.74, 6) is 0. The number of non-ortho nitro benzene ring substituents is 2. The lowest BCUT2D eigenvalue weighted by molar-refractivity contribution is -0.385. The van der Waals surface area contributed by atoms with Crippen LogP contribution in [0.5, 0.6) is 0 Å². The standard InChI is InChI=1S/C20H11N7O4/c21-9-19(10-22)17(13-3-1-5-15(7-13)26(28)29)25-18(20(19,11-23)12-24)14-4-2-6-16(8-14)27(30)31/h1-8,17-18,25H/t17-,18-/m0/s1. The molecule has 150 valence electrons. The topological polar surface area (TPSA) is 193 Å². The fourth-order valence-electron chi connectivity index (χ4n) is 3.86. The van der Waals surface area contributed by atoms with Gasteiger partial charge in [0.25, 0.3) is 11.4 Å². The molecule has 11 nitrogen and oxygen atoms in total. The van der Waals surface area contributed by atoms with Gasteiger partial charge in [-0.3, -0.25) is 25.5 Å². The lowest BCUT2D eigenvalue weighted by Gasteiger charge is -2.29. The first kappa shape index (κ1) is 20.9.